The van der Waals surface area contributed by atoms with Crippen molar-refractivity contribution in [1.82, 2.24) is 15.1 Å². The summed E-state index contributed by atoms with van der Waals surface area (Å²) in [5.74, 6) is 1.11. The van der Waals surface area contributed by atoms with Crippen LogP contribution in [0.3, 0.4) is 0 Å². The molecule has 3 rings (SSSR count). The molecule has 0 aliphatic rings. The van der Waals surface area contributed by atoms with Gasteiger partial charge in [0.25, 0.3) is 5.89 Å². The third kappa shape index (κ3) is 1.61. The van der Waals surface area contributed by atoms with Crippen molar-refractivity contribution in [1.29, 1.82) is 0 Å². The van der Waals surface area contributed by atoms with Gasteiger partial charge in [0, 0.05) is 23.3 Å². The fraction of sp³-hybridized carbons (Fsp3) is 0. The Balaban J connectivity index is 2.00. The summed E-state index contributed by atoms with van der Waals surface area (Å²) in [5, 5.41) is 7.87. The van der Waals surface area contributed by atoms with E-state index in [-0.39, 0.29) is 0 Å². The lowest BCUT2D eigenvalue weighted by Crippen LogP contribution is -1.81. The molecule has 5 heteroatoms. The molecule has 0 unspecified atom stereocenters. The number of hydrogen-bond donors (Lipinski definition) is 0. The van der Waals surface area contributed by atoms with Gasteiger partial charge in [0.05, 0.1) is 5.56 Å². The van der Waals surface area contributed by atoms with Crippen molar-refractivity contribution < 1.29 is 4.52 Å². The second-order valence-electron chi connectivity index (χ2n) is 3.18. The Kier molecular flexibility index (Phi) is 2.23. The van der Waals surface area contributed by atoms with Gasteiger partial charge in [0.1, 0.15) is 0 Å². The molecule has 0 amide bonds. The van der Waals surface area contributed by atoms with Crippen molar-refractivity contribution in [3.8, 4) is 22.8 Å². The molecule has 0 aromatic carbocycles. The minimum Gasteiger partial charge on any atom is -0.334 e. The maximum absolute atomic E-state index is 5.18. The molecule has 0 saturated carbocycles. The number of nitrogens with zero attached hydrogens (tertiary/aromatic N) is 3. The molecule has 0 atom stereocenters. The molecule has 0 saturated heterocycles. The van der Waals surface area contributed by atoms with Crippen LogP contribution in [0.1, 0.15) is 0 Å². The Morgan fingerprint density at radius 2 is 2.19 bits per heavy atom. The fourth-order valence-electron chi connectivity index (χ4n) is 1.34. The maximum Gasteiger partial charge on any atom is 0.259 e. The number of aromatic nitrogens is 3. The average molecular weight is 229 g/mol. The van der Waals surface area contributed by atoms with Crippen LogP contribution in [0.5, 0.6) is 0 Å². The van der Waals surface area contributed by atoms with E-state index in [2.05, 4.69) is 15.1 Å². The molecule has 78 valence electrons. The van der Waals surface area contributed by atoms with E-state index in [0.29, 0.717) is 11.7 Å². The molecule has 0 bridgehead atoms. The number of thiophene rings is 1. The third-order valence-electron chi connectivity index (χ3n) is 2.11. The van der Waals surface area contributed by atoms with E-state index in [1.807, 2.05) is 29.0 Å². The second kappa shape index (κ2) is 3.86. The lowest BCUT2D eigenvalue weighted by molar-refractivity contribution is 0.432. The zero-order valence-electron chi connectivity index (χ0n) is 8.20. The van der Waals surface area contributed by atoms with Crippen LogP contribution in [0.25, 0.3) is 22.8 Å². The molecule has 0 radical (unpaired) electrons. The van der Waals surface area contributed by atoms with E-state index in [0.717, 1.165) is 11.1 Å². The molecule has 3 aromatic heterocycles. The van der Waals surface area contributed by atoms with Gasteiger partial charge < -0.3 is 4.52 Å². The smallest absolute Gasteiger partial charge is 0.259 e. The normalized spacial score (nSPS) is 10.5. The monoisotopic (exact) mass is 229 g/mol. The fourth-order valence-corrected chi connectivity index (χ4v) is 1.97. The Morgan fingerprint density at radius 3 is 2.94 bits per heavy atom. The summed E-state index contributed by atoms with van der Waals surface area (Å²) < 4.78 is 5.18. The summed E-state index contributed by atoms with van der Waals surface area (Å²) in [7, 11) is 0. The predicted molar refractivity (Wildman–Crippen MR) is 60.8 cm³/mol. The highest BCUT2D eigenvalue weighted by Gasteiger charge is 2.10. The molecule has 4 nitrogen and oxygen atoms in total. The van der Waals surface area contributed by atoms with Gasteiger partial charge >= 0.3 is 0 Å². The Morgan fingerprint density at radius 1 is 1.19 bits per heavy atom. The minimum absolute atomic E-state index is 0.542. The molecule has 3 heterocycles. The first-order chi connectivity index (χ1) is 7.93. The second-order valence-corrected chi connectivity index (χ2v) is 3.96. The quantitative estimate of drug-likeness (QED) is 0.678. The van der Waals surface area contributed by atoms with Gasteiger partial charge in [-0.2, -0.15) is 16.3 Å². The highest BCUT2D eigenvalue weighted by Crippen LogP contribution is 2.23. The summed E-state index contributed by atoms with van der Waals surface area (Å²) in [6.45, 7) is 0. The standard InChI is InChI=1S/C11H7N3OS/c1-2-8(6-12-4-1)10-13-11(15-14-10)9-3-5-16-7-9/h1-7H. The Hall–Kier alpha value is -2.01. The van der Waals surface area contributed by atoms with Gasteiger partial charge in [-0.25, -0.2) is 0 Å². The van der Waals surface area contributed by atoms with Crippen LogP contribution in [0.15, 0.2) is 45.9 Å². The van der Waals surface area contributed by atoms with Crippen LogP contribution in [0.2, 0.25) is 0 Å². The van der Waals surface area contributed by atoms with E-state index >= 15 is 0 Å². The van der Waals surface area contributed by atoms with E-state index in [9.17, 15) is 0 Å². The van der Waals surface area contributed by atoms with Crippen molar-refractivity contribution in [3.05, 3.63) is 41.4 Å². The van der Waals surface area contributed by atoms with E-state index in [4.69, 9.17) is 4.52 Å². The summed E-state index contributed by atoms with van der Waals surface area (Å²) in [5.41, 5.74) is 1.81. The molecule has 3 aromatic rings. The van der Waals surface area contributed by atoms with Crippen molar-refractivity contribution in [2.75, 3.05) is 0 Å². The molecule has 0 N–H and O–H groups in total. The van der Waals surface area contributed by atoms with Crippen LogP contribution >= 0.6 is 11.3 Å². The zero-order chi connectivity index (χ0) is 10.8. The van der Waals surface area contributed by atoms with Crippen molar-refractivity contribution in [2.45, 2.75) is 0 Å². The molecule has 0 aliphatic carbocycles. The topological polar surface area (TPSA) is 51.8 Å². The van der Waals surface area contributed by atoms with E-state index in [1.165, 1.54) is 0 Å². The molecule has 0 fully saturated rings. The largest absolute Gasteiger partial charge is 0.334 e. The van der Waals surface area contributed by atoms with Gasteiger partial charge in [-0.15, -0.1) is 0 Å². The molecular weight excluding hydrogens is 222 g/mol. The highest BCUT2D eigenvalue weighted by atomic mass is 32.1. The van der Waals surface area contributed by atoms with Crippen LogP contribution in [0, 0.1) is 0 Å². The number of hydrogen-bond acceptors (Lipinski definition) is 5. The Bertz CT molecular complexity index is 574. The maximum atomic E-state index is 5.18. The van der Waals surface area contributed by atoms with E-state index in [1.54, 1.807) is 23.7 Å². The van der Waals surface area contributed by atoms with Gasteiger partial charge in [0.2, 0.25) is 5.82 Å². The highest BCUT2D eigenvalue weighted by molar-refractivity contribution is 7.08. The van der Waals surface area contributed by atoms with Gasteiger partial charge in [-0.1, -0.05) is 5.16 Å². The molecule has 0 spiro atoms. The lowest BCUT2D eigenvalue weighted by atomic mass is 10.3. The SMILES string of the molecule is c1cncc(-c2noc(-c3ccsc3)n2)c1. The van der Waals surface area contributed by atoms with Crippen LogP contribution < -0.4 is 0 Å². The zero-order valence-corrected chi connectivity index (χ0v) is 9.02. The van der Waals surface area contributed by atoms with Crippen molar-refractivity contribution in [3.63, 3.8) is 0 Å². The van der Waals surface area contributed by atoms with Gasteiger partial charge in [-0.05, 0) is 23.6 Å². The van der Waals surface area contributed by atoms with E-state index < -0.39 is 0 Å². The lowest BCUT2D eigenvalue weighted by Gasteiger charge is -1.89. The predicted octanol–water partition coefficient (Wildman–Crippen LogP) is 2.86. The Labute approximate surface area is 95.6 Å². The average Bonchev–Trinajstić information content (AvgIpc) is 3.01. The summed E-state index contributed by atoms with van der Waals surface area (Å²) >= 11 is 1.60. The van der Waals surface area contributed by atoms with Crippen molar-refractivity contribution in [2.24, 2.45) is 0 Å². The number of rotatable bonds is 2. The van der Waals surface area contributed by atoms with Crippen LogP contribution in [-0.4, -0.2) is 15.1 Å². The first-order valence-electron chi connectivity index (χ1n) is 4.70. The summed E-state index contributed by atoms with van der Waals surface area (Å²) in [6.07, 6.45) is 3.42. The first kappa shape index (κ1) is 9.23. The van der Waals surface area contributed by atoms with Gasteiger partial charge in [-0.3, -0.25) is 4.98 Å². The van der Waals surface area contributed by atoms with Crippen LogP contribution in [-0.2, 0) is 0 Å². The van der Waals surface area contributed by atoms with Gasteiger partial charge in [0.15, 0.2) is 0 Å². The molecule has 0 aliphatic heterocycles. The number of pyridine rings is 1. The van der Waals surface area contributed by atoms with Crippen molar-refractivity contribution >= 4 is 11.3 Å². The summed E-state index contributed by atoms with van der Waals surface area (Å²) in [4.78, 5) is 8.33. The third-order valence-corrected chi connectivity index (χ3v) is 2.80. The minimum atomic E-state index is 0.542. The molecular formula is C11H7N3OS. The summed E-state index contributed by atoms with van der Waals surface area (Å²) in [6, 6.07) is 5.69. The van der Waals surface area contributed by atoms with Crippen LogP contribution in [0.4, 0.5) is 0 Å². The molecule has 16 heavy (non-hydrogen) atoms. The first-order valence-corrected chi connectivity index (χ1v) is 5.64.